The Balaban J connectivity index is 2.30. The summed E-state index contributed by atoms with van der Waals surface area (Å²) in [5.41, 5.74) is -0.908. The minimum atomic E-state index is -4.52. The lowest BCUT2D eigenvalue weighted by atomic mass is 10.2. The number of pyridine rings is 1. The van der Waals surface area contributed by atoms with Gasteiger partial charge in [0.15, 0.2) is 0 Å². The van der Waals surface area contributed by atoms with Gasteiger partial charge in [0.25, 0.3) is 5.88 Å². The minimum absolute atomic E-state index is 0.00330. The Morgan fingerprint density at radius 1 is 1.41 bits per heavy atom. The second kappa shape index (κ2) is 6.04. The van der Waals surface area contributed by atoms with Gasteiger partial charge in [-0.25, -0.2) is 9.78 Å². The summed E-state index contributed by atoms with van der Waals surface area (Å²) < 4.78 is 49.2. The van der Waals surface area contributed by atoms with E-state index in [1.54, 1.807) is 6.92 Å². The number of aryl methyl sites for hydroxylation is 1. The number of hydrogen-bond donors (Lipinski definition) is 0. The molecule has 2 rings (SSSR count). The highest BCUT2D eigenvalue weighted by atomic mass is 19.4. The second-order valence-electron chi connectivity index (χ2n) is 4.22. The summed E-state index contributed by atoms with van der Waals surface area (Å²) in [5, 5.41) is 3.87. The fourth-order valence-corrected chi connectivity index (χ4v) is 1.63. The van der Waals surface area contributed by atoms with Crippen LogP contribution in [0.3, 0.4) is 0 Å². The van der Waals surface area contributed by atoms with Gasteiger partial charge in [0.2, 0.25) is 5.88 Å². The first-order valence-corrected chi connectivity index (χ1v) is 6.23. The van der Waals surface area contributed by atoms with Crippen molar-refractivity contribution in [1.29, 1.82) is 0 Å². The van der Waals surface area contributed by atoms with Gasteiger partial charge in [0.05, 0.1) is 12.2 Å². The standard InChI is InChI=1S/C13H12F3N3O3/c1-3-21-12(20)9-7-19(2)18-11(9)22-10-6-8(4-5-17-10)13(14,15)16/h4-7H,3H2,1-2H3. The predicted molar refractivity (Wildman–Crippen MR) is 68.5 cm³/mol. The average Bonchev–Trinajstić information content (AvgIpc) is 2.79. The Morgan fingerprint density at radius 2 is 2.14 bits per heavy atom. The Kier molecular flexibility index (Phi) is 4.34. The molecule has 0 saturated heterocycles. The minimum Gasteiger partial charge on any atom is -0.462 e. The van der Waals surface area contributed by atoms with Crippen LogP contribution in [0.4, 0.5) is 13.2 Å². The zero-order valence-corrected chi connectivity index (χ0v) is 11.7. The lowest BCUT2D eigenvalue weighted by Gasteiger charge is -2.08. The topological polar surface area (TPSA) is 66.2 Å². The quantitative estimate of drug-likeness (QED) is 0.812. The van der Waals surface area contributed by atoms with Crippen molar-refractivity contribution < 1.29 is 27.4 Å². The molecule has 0 unspecified atom stereocenters. The maximum Gasteiger partial charge on any atom is 0.416 e. The molecule has 0 aliphatic carbocycles. The van der Waals surface area contributed by atoms with Gasteiger partial charge >= 0.3 is 12.1 Å². The lowest BCUT2D eigenvalue weighted by molar-refractivity contribution is -0.137. The van der Waals surface area contributed by atoms with E-state index in [0.717, 1.165) is 18.3 Å². The van der Waals surface area contributed by atoms with E-state index in [1.165, 1.54) is 17.9 Å². The Morgan fingerprint density at radius 3 is 2.77 bits per heavy atom. The summed E-state index contributed by atoms with van der Waals surface area (Å²) in [6, 6.07) is 1.54. The number of hydrogen-bond acceptors (Lipinski definition) is 5. The maximum absolute atomic E-state index is 12.6. The summed E-state index contributed by atoms with van der Waals surface area (Å²) in [5.74, 6) is -1.18. The first-order chi connectivity index (χ1) is 10.3. The molecule has 0 N–H and O–H groups in total. The molecule has 0 aliphatic heterocycles. The highest BCUT2D eigenvalue weighted by Gasteiger charge is 2.31. The highest BCUT2D eigenvalue weighted by Crippen LogP contribution is 2.32. The van der Waals surface area contributed by atoms with Crippen molar-refractivity contribution >= 4 is 5.97 Å². The molecular formula is C13H12F3N3O3. The molecule has 0 saturated carbocycles. The van der Waals surface area contributed by atoms with E-state index in [1.807, 2.05) is 0 Å². The van der Waals surface area contributed by atoms with Crippen LogP contribution in [-0.2, 0) is 18.0 Å². The van der Waals surface area contributed by atoms with E-state index < -0.39 is 17.7 Å². The molecule has 2 heterocycles. The van der Waals surface area contributed by atoms with Crippen molar-refractivity contribution in [1.82, 2.24) is 14.8 Å². The van der Waals surface area contributed by atoms with Gasteiger partial charge in [-0.3, -0.25) is 4.68 Å². The molecule has 22 heavy (non-hydrogen) atoms. The van der Waals surface area contributed by atoms with Gasteiger partial charge < -0.3 is 9.47 Å². The molecule has 0 aliphatic rings. The highest BCUT2D eigenvalue weighted by molar-refractivity contribution is 5.91. The number of carbonyl (C=O) groups excluding carboxylic acids is 1. The number of alkyl halides is 3. The fourth-order valence-electron chi connectivity index (χ4n) is 1.63. The third kappa shape index (κ3) is 3.54. The predicted octanol–water partition coefficient (Wildman–Crippen LogP) is 2.80. The summed E-state index contributed by atoms with van der Waals surface area (Å²) in [4.78, 5) is 15.4. The number of carbonyl (C=O) groups is 1. The van der Waals surface area contributed by atoms with Crippen LogP contribution in [0, 0.1) is 0 Å². The smallest absolute Gasteiger partial charge is 0.416 e. The van der Waals surface area contributed by atoms with Crippen molar-refractivity contribution in [2.45, 2.75) is 13.1 Å². The summed E-state index contributed by atoms with van der Waals surface area (Å²) in [6.45, 7) is 1.78. The molecule has 0 fully saturated rings. The number of rotatable bonds is 4. The van der Waals surface area contributed by atoms with E-state index in [9.17, 15) is 18.0 Å². The van der Waals surface area contributed by atoms with E-state index >= 15 is 0 Å². The molecule has 118 valence electrons. The molecule has 0 aromatic carbocycles. The van der Waals surface area contributed by atoms with Crippen LogP contribution in [0.15, 0.2) is 24.5 Å². The molecule has 0 atom stereocenters. The number of aromatic nitrogens is 3. The molecule has 0 radical (unpaired) electrons. The molecule has 2 aromatic rings. The molecule has 0 bridgehead atoms. The normalized spacial score (nSPS) is 11.3. The largest absolute Gasteiger partial charge is 0.462 e. The van der Waals surface area contributed by atoms with E-state index in [2.05, 4.69) is 10.1 Å². The van der Waals surface area contributed by atoms with Gasteiger partial charge in [0.1, 0.15) is 5.56 Å². The van der Waals surface area contributed by atoms with Gasteiger partial charge in [-0.2, -0.15) is 13.2 Å². The number of ether oxygens (including phenoxy) is 2. The third-order valence-corrected chi connectivity index (χ3v) is 2.55. The van der Waals surface area contributed by atoms with Crippen LogP contribution < -0.4 is 4.74 Å². The number of nitrogens with zero attached hydrogens (tertiary/aromatic N) is 3. The average molecular weight is 315 g/mol. The van der Waals surface area contributed by atoms with Crippen LogP contribution in [0.25, 0.3) is 0 Å². The van der Waals surface area contributed by atoms with Gasteiger partial charge in [-0.1, -0.05) is 0 Å². The molecule has 0 spiro atoms. The van der Waals surface area contributed by atoms with Crippen LogP contribution >= 0.6 is 0 Å². The first kappa shape index (κ1) is 15.8. The lowest BCUT2D eigenvalue weighted by Crippen LogP contribution is -2.07. The van der Waals surface area contributed by atoms with Crippen molar-refractivity contribution in [2.75, 3.05) is 6.61 Å². The van der Waals surface area contributed by atoms with Crippen molar-refractivity contribution in [3.8, 4) is 11.8 Å². The maximum atomic E-state index is 12.6. The Labute approximate surface area is 123 Å². The monoisotopic (exact) mass is 315 g/mol. The Bertz CT molecular complexity index is 683. The van der Waals surface area contributed by atoms with E-state index in [0.29, 0.717) is 0 Å². The van der Waals surface area contributed by atoms with Gasteiger partial charge in [-0.05, 0) is 13.0 Å². The summed E-state index contributed by atoms with van der Waals surface area (Å²) >= 11 is 0. The van der Waals surface area contributed by atoms with E-state index in [-0.39, 0.29) is 23.9 Å². The molecular weight excluding hydrogens is 303 g/mol. The van der Waals surface area contributed by atoms with Crippen molar-refractivity contribution in [2.24, 2.45) is 7.05 Å². The van der Waals surface area contributed by atoms with Gasteiger partial charge in [-0.15, -0.1) is 5.10 Å². The molecule has 6 nitrogen and oxygen atoms in total. The second-order valence-corrected chi connectivity index (χ2v) is 4.22. The Hall–Kier alpha value is -2.58. The molecule has 9 heteroatoms. The summed E-state index contributed by atoms with van der Waals surface area (Å²) in [6.07, 6.45) is -2.21. The summed E-state index contributed by atoms with van der Waals surface area (Å²) in [7, 11) is 1.54. The van der Waals surface area contributed by atoms with Crippen molar-refractivity contribution in [3.63, 3.8) is 0 Å². The first-order valence-electron chi connectivity index (χ1n) is 6.23. The van der Waals surface area contributed by atoms with Crippen LogP contribution in [0.2, 0.25) is 0 Å². The third-order valence-electron chi connectivity index (χ3n) is 2.55. The molecule has 2 aromatic heterocycles. The number of esters is 1. The zero-order chi connectivity index (χ0) is 16.3. The van der Waals surface area contributed by atoms with Crippen molar-refractivity contribution in [3.05, 3.63) is 35.7 Å². The zero-order valence-electron chi connectivity index (χ0n) is 11.7. The SMILES string of the molecule is CCOC(=O)c1cn(C)nc1Oc1cc(C(F)(F)F)ccn1. The van der Waals surface area contributed by atoms with E-state index in [4.69, 9.17) is 9.47 Å². The van der Waals surface area contributed by atoms with Gasteiger partial charge in [0, 0.05) is 25.5 Å². The molecule has 0 amide bonds. The van der Waals surface area contributed by atoms with Crippen LogP contribution in [0.5, 0.6) is 11.8 Å². The fraction of sp³-hybridized carbons (Fsp3) is 0.308. The number of halogens is 3. The van der Waals surface area contributed by atoms with Crippen LogP contribution in [0.1, 0.15) is 22.8 Å². The van der Waals surface area contributed by atoms with Crippen LogP contribution in [-0.4, -0.2) is 27.3 Å².